The van der Waals surface area contributed by atoms with Crippen molar-refractivity contribution in [3.05, 3.63) is 34.9 Å². The van der Waals surface area contributed by atoms with Crippen LogP contribution in [0.15, 0.2) is 18.2 Å². The van der Waals surface area contributed by atoms with E-state index in [4.69, 9.17) is 5.73 Å². The van der Waals surface area contributed by atoms with Crippen molar-refractivity contribution in [1.29, 1.82) is 0 Å². The lowest BCUT2D eigenvalue weighted by molar-refractivity contribution is -0.137. The number of hydrogen-bond acceptors (Lipinski definition) is 2. The molecule has 0 heterocycles. The Morgan fingerprint density at radius 3 is 2.12 bits per heavy atom. The molecule has 3 nitrogen and oxygen atoms in total. The van der Waals surface area contributed by atoms with Crippen molar-refractivity contribution in [2.75, 3.05) is 0 Å². The number of alkyl halides is 5. The second-order valence-corrected chi connectivity index (χ2v) is 6.26. The van der Waals surface area contributed by atoms with Gasteiger partial charge in [-0.15, -0.1) is 0 Å². The summed E-state index contributed by atoms with van der Waals surface area (Å²) in [6.45, 7) is 3.95. The zero-order chi connectivity index (χ0) is 18.7. The molecule has 8 heteroatoms. The highest BCUT2D eigenvalue weighted by Gasteiger charge is 2.34. The molecule has 1 aromatic rings. The number of benzene rings is 1. The van der Waals surface area contributed by atoms with Crippen molar-refractivity contribution in [1.82, 2.24) is 5.32 Å². The molecule has 1 aromatic carbocycles. The van der Waals surface area contributed by atoms with Gasteiger partial charge in [0.25, 0.3) is 5.92 Å². The van der Waals surface area contributed by atoms with Crippen molar-refractivity contribution in [2.24, 2.45) is 11.7 Å². The molecule has 0 bridgehead atoms. The SMILES string of the molecule is CC(C)C[C@H](N)C(=O)NCc1cc(C(C)(F)F)cc(C(F)(F)F)c1. The van der Waals surface area contributed by atoms with E-state index in [-0.39, 0.29) is 18.0 Å². The van der Waals surface area contributed by atoms with E-state index < -0.39 is 35.2 Å². The van der Waals surface area contributed by atoms with Crippen LogP contribution in [0.2, 0.25) is 0 Å². The molecule has 0 saturated heterocycles. The van der Waals surface area contributed by atoms with Crippen LogP contribution >= 0.6 is 0 Å². The second-order valence-electron chi connectivity index (χ2n) is 6.26. The van der Waals surface area contributed by atoms with Crippen molar-refractivity contribution < 1.29 is 26.7 Å². The molecular weight excluding hydrogens is 331 g/mol. The predicted molar refractivity (Wildman–Crippen MR) is 80.3 cm³/mol. The average Bonchev–Trinajstić information content (AvgIpc) is 2.41. The van der Waals surface area contributed by atoms with Crippen LogP contribution in [0.4, 0.5) is 22.0 Å². The minimum Gasteiger partial charge on any atom is -0.351 e. The predicted octanol–water partition coefficient (Wildman–Crippen LogP) is 3.81. The first-order chi connectivity index (χ1) is 10.8. The highest BCUT2D eigenvalue weighted by molar-refractivity contribution is 5.81. The van der Waals surface area contributed by atoms with Gasteiger partial charge in [-0.3, -0.25) is 4.79 Å². The van der Waals surface area contributed by atoms with Crippen LogP contribution in [0.5, 0.6) is 0 Å². The molecule has 24 heavy (non-hydrogen) atoms. The summed E-state index contributed by atoms with van der Waals surface area (Å²) in [6.07, 6.45) is -4.35. The summed E-state index contributed by atoms with van der Waals surface area (Å²) >= 11 is 0. The molecule has 0 unspecified atom stereocenters. The summed E-state index contributed by atoms with van der Waals surface area (Å²) < 4.78 is 65.4. The Balaban J connectivity index is 2.97. The fourth-order valence-electron chi connectivity index (χ4n) is 2.15. The molecule has 0 spiro atoms. The molecule has 0 radical (unpaired) electrons. The third-order valence-electron chi connectivity index (χ3n) is 3.36. The van der Waals surface area contributed by atoms with Crippen molar-refractivity contribution in [3.63, 3.8) is 0 Å². The molecule has 0 fully saturated rings. The summed E-state index contributed by atoms with van der Waals surface area (Å²) in [7, 11) is 0. The van der Waals surface area contributed by atoms with E-state index in [1.165, 1.54) is 0 Å². The van der Waals surface area contributed by atoms with Gasteiger partial charge in [-0.1, -0.05) is 13.8 Å². The lowest BCUT2D eigenvalue weighted by Crippen LogP contribution is -2.41. The van der Waals surface area contributed by atoms with Crippen molar-refractivity contribution >= 4 is 5.91 Å². The maximum Gasteiger partial charge on any atom is 0.416 e. The summed E-state index contributed by atoms with van der Waals surface area (Å²) in [4.78, 5) is 11.8. The van der Waals surface area contributed by atoms with E-state index in [2.05, 4.69) is 5.32 Å². The van der Waals surface area contributed by atoms with Crippen LogP contribution in [0.1, 0.15) is 43.9 Å². The Morgan fingerprint density at radius 2 is 1.67 bits per heavy atom. The molecular formula is C16H21F5N2O. The van der Waals surface area contributed by atoms with Gasteiger partial charge in [-0.05, 0) is 36.1 Å². The van der Waals surface area contributed by atoms with Gasteiger partial charge in [0, 0.05) is 19.0 Å². The van der Waals surface area contributed by atoms with E-state index in [0.29, 0.717) is 19.4 Å². The fraction of sp³-hybridized carbons (Fsp3) is 0.562. The third-order valence-corrected chi connectivity index (χ3v) is 3.36. The van der Waals surface area contributed by atoms with Gasteiger partial charge in [0.15, 0.2) is 0 Å². The maximum atomic E-state index is 13.4. The zero-order valence-electron chi connectivity index (χ0n) is 13.7. The summed E-state index contributed by atoms with van der Waals surface area (Å²) in [5.41, 5.74) is 3.67. The summed E-state index contributed by atoms with van der Waals surface area (Å²) in [5, 5.41) is 2.39. The molecule has 1 atom stereocenters. The fourth-order valence-corrected chi connectivity index (χ4v) is 2.15. The lowest BCUT2D eigenvalue weighted by atomic mass is 10.0. The number of rotatable bonds is 6. The van der Waals surface area contributed by atoms with Gasteiger partial charge < -0.3 is 11.1 Å². The first-order valence-corrected chi connectivity index (χ1v) is 7.43. The molecule has 1 rings (SSSR count). The second kappa shape index (κ2) is 7.46. The number of hydrogen-bond donors (Lipinski definition) is 2. The van der Waals surface area contributed by atoms with Gasteiger partial charge >= 0.3 is 6.18 Å². The summed E-state index contributed by atoms with van der Waals surface area (Å²) in [5.74, 6) is -3.79. The van der Waals surface area contributed by atoms with E-state index >= 15 is 0 Å². The van der Waals surface area contributed by atoms with Gasteiger partial charge in [-0.2, -0.15) is 13.2 Å². The van der Waals surface area contributed by atoms with Gasteiger partial charge in [0.05, 0.1) is 11.6 Å². The topological polar surface area (TPSA) is 55.1 Å². The number of halogens is 5. The van der Waals surface area contributed by atoms with Gasteiger partial charge in [-0.25, -0.2) is 8.78 Å². The molecule has 1 amide bonds. The van der Waals surface area contributed by atoms with E-state index in [1.807, 2.05) is 13.8 Å². The Morgan fingerprint density at radius 1 is 1.12 bits per heavy atom. The van der Waals surface area contributed by atoms with Crippen LogP contribution in [-0.4, -0.2) is 11.9 Å². The number of amides is 1. The summed E-state index contributed by atoms with van der Waals surface area (Å²) in [6, 6.07) is 1.30. The number of carbonyl (C=O) groups excluding carboxylic acids is 1. The van der Waals surface area contributed by atoms with E-state index in [0.717, 1.165) is 12.1 Å². The maximum absolute atomic E-state index is 13.4. The minimum absolute atomic E-state index is 0.0635. The monoisotopic (exact) mass is 352 g/mol. The molecule has 0 aromatic heterocycles. The number of nitrogens with two attached hydrogens (primary N) is 1. The minimum atomic E-state index is -4.76. The molecule has 0 aliphatic heterocycles. The van der Waals surface area contributed by atoms with Crippen molar-refractivity contribution in [2.45, 2.75) is 51.9 Å². The first kappa shape index (κ1) is 20.3. The lowest BCUT2D eigenvalue weighted by Gasteiger charge is -2.18. The van der Waals surface area contributed by atoms with Crippen LogP contribution in [0.25, 0.3) is 0 Å². The molecule has 0 saturated carbocycles. The first-order valence-electron chi connectivity index (χ1n) is 7.43. The van der Waals surface area contributed by atoms with Crippen LogP contribution in [0.3, 0.4) is 0 Å². The van der Waals surface area contributed by atoms with E-state index in [1.54, 1.807) is 0 Å². The largest absolute Gasteiger partial charge is 0.416 e. The molecule has 0 aliphatic rings. The molecule has 136 valence electrons. The molecule has 3 N–H and O–H groups in total. The quantitative estimate of drug-likeness (QED) is 0.765. The normalized spacial score (nSPS) is 13.9. The highest BCUT2D eigenvalue weighted by atomic mass is 19.4. The highest BCUT2D eigenvalue weighted by Crippen LogP contribution is 2.35. The van der Waals surface area contributed by atoms with Crippen LogP contribution < -0.4 is 11.1 Å². The Kier molecular flexibility index (Phi) is 6.32. The Bertz CT molecular complexity index is 547. The zero-order valence-corrected chi connectivity index (χ0v) is 13.7. The smallest absolute Gasteiger partial charge is 0.351 e. The third kappa shape index (κ3) is 6.07. The number of nitrogens with one attached hydrogen (secondary N) is 1. The van der Waals surface area contributed by atoms with Crippen LogP contribution in [0, 0.1) is 5.92 Å². The molecule has 0 aliphatic carbocycles. The Labute approximate surface area is 137 Å². The van der Waals surface area contributed by atoms with Crippen LogP contribution in [-0.2, 0) is 23.4 Å². The standard InChI is InChI=1S/C16H21F5N2O/c1-9(2)4-13(22)14(24)23-8-10-5-11(15(3,17)18)7-12(6-10)16(19,20)21/h5-7,9,13H,4,8,22H2,1-3H3,(H,23,24)/t13-/m0/s1. The number of carbonyl (C=O) groups is 1. The van der Waals surface area contributed by atoms with Gasteiger partial charge in [0.1, 0.15) is 0 Å². The van der Waals surface area contributed by atoms with Gasteiger partial charge in [0.2, 0.25) is 5.91 Å². The van der Waals surface area contributed by atoms with Crippen molar-refractivity contribution in [3.8, 4) is 0 Å². The average molecular weight is 352 g/mol. The Hall–Kier alpha value is -1.70. The van der Waals surface area contributed by atoms with E-state index in [9.17, 15) is 26.7 Å².